The lowest BCUT2D eigenvalue weighted by molar-refractivity contribution is 0.583. The maximum atomic E-state index is 12.3. The second kappa shape index (κ2) is 6.27. The Balaban J connectivity index is 2.17. The highest BCUT2D eigenvalue weighted by molar-refractivity contribution is 7.91. The molecule has 0 bridgehead atoms. The fraction of sp³-hybridized carbons (Fsp3) is 0.462. The molecule has 0 saturated heterocycles. The monoisotopic (exact) mass is 328 g/mol. The Morgan fingerprint density at radius 1 is 1.48 bits per heavy atom. The first-order valence-electron chi connectivity index (χ1n) is 6.67. The Bertz CT molecular complexity index is 731. The molecular formula is C13H20N4O2S2. The topological polar surface area (TPSA) is 90.0 Å². The van der Waals surface area contributed by atoms with E-state index in [9.17, 15) is 8.42 Å². The summed E-state index contributed by atoms with van der Waals surface area (Å²) in [5.41, 5.74) is 8.32. The summed E-state index contributed by atoms with van der Waals surface area (Å²) in [6.45, 7) is 4.47. The molecule has 2 rings (SSSR count). The zero-order valence-corrected chi connectivity index (χ0v) is 14.0. The van der Waals surface area contributed by atoms with Gasteiger partial charge in [0.1, 0.15) is 4.21 Å². The number of hydrogen-bond acceptors (Lipinski definition) is 5. The van der Waals surface area contributed by atoms with Crippen LogP contribution in [0, 0.1) is 6.92 Å². The molecule has 6 nitrogen and oxygen atoms in total. The Morgan fingerprint density at radius 3 is 2.76 bits per heavy atom. The van der Waals surface area contributed by atoms with Crippen LogP contribution in [0.2, 0.25) is 0 Å². The average molecular weight is 328 g/mol. The van der Waals surface area contributed by atoms with E-state index in [1.807, 2.05) is 27.1 Å². The average Bonchev–Trinajstić information content (AvgIpc) is 2.99. The minimum atomic E-state index is -3.51. The molecule has 0 unspecified atom stereocenters. The Morgan fingerprint density at radius 2 is 2.19 bits per heavy atom. The molecule has 0 amide bonds. The quantitative estimate of drug-likeness (QED) is 0.836. The predicted octanol–water partition coefficient (Wildman–Crippen LogP) is 1.29. The maximum absolute atomic E-state index is 12.3. The van der Waals surface area contributed by atoms with Crippen molar-refractivity contribution in [3.63, 3.8) is 0 Å². The summed E-state index contributed by atoms with van der Waals surface area (Å²) in [6, 6.07) is 1.67. The standard InChI is InChI=1S/C13H20N4O2S2/c1-4-11-10(8-17(3)16-11)7-15-21(18,19)13-5-9(2)12(6-14)20-13/h5,8,15H,4,6-7,14H2,1-3H3. The molecule has 116 valence electrons. The number of nitrogens with zero attached hydrogens (tertiary/aromatic N) is 2. The zero-order chi connectivity index (χ0) is 15.6. The third-order valence-corrected chi connectivity index (χ3v) is 6.36. The van der Waals surface area contributed by atoms with Crippen LogP contribution in [0.15, 0.2) is 16.5 Å². The molecule has 0 fully saturated rings. The van der Waals surface area contributed by atoms with E-state index < -0.39 is 10.0 Å². The van der Waals surface area contributed by atoms with Crippen molar-refractivity contribution in [2.24, 2.45) is 12.8 Å². The summed E-state index contributed by atoms with van der Waals surface area (Å²) in [5.74, 6) is 0. The second-order valence-electron chi connectivity index (χ2n) is 4.83. The molecule has 0 aliphatic carbocycles. The van der Waals surface area contributed by atoms with E-state index in [1.54, 1.807) is 10.7 Å². The first kappa shape index (κ1) is 16.2. The molecule has 0 spiro atoms. The molecule has 2 aromatic rings. The van der Waals surface area contributed by atoms with Crippen LogP contribution in [-0.2, 0) is 36.6 Å². The van der Waals surface area contributed by atoms with Crippen LogP contribution in [0.5, 0.6) is 0 Å². The predicted molar refractivity (Wildman–Crippen MR) is 83.6 cm³/mol. The van der Waals surface area contributed by atoms with Gasteiger partial charge in [-0.3, -0.25) is 4.68 Å². The number of nitrogens with one attached hydrogen (secondary N) is 1. The fourth-order valence-corrected chi connectivity index (χ4v) is 4.62. The van der Waals surface area contributed by atoms with Crippen LogP contribution < -0.4 is 10.5 Å². The van der Waals surface area contributed by atoms with E-state index in [0.717, 1.165) is 28.1 Å². The van der Waals surface area contributed by atoms with Gasteiger partial charge in [-0.25, -0.2) is 13.1 Å². The number of thiophene rings is 1. The van der Waals surface area contributed by atoms with E-state index in [1.165, 1.54) is 11.3 Å². The Kier molecular flexibility index (Phi) is 4.82. The highest BCUT2D eigenvalue weighted by Gasteiger charge is 2.19. The molecule has 0 aliphatic rings. The lowest BCUT2D eigenvalue weighted by Crippen LogP contribution is -2.22. The third-order valence-electron chi connectivity index (χ3n) is 3.23. The van der Waals surface area contributed by atoms with Crippen molar-refractivity contribution in [1.82, 2.24) is 14.5 Å². The lowest BCUT2D eigenvalue weighted by Gasteiger charge is -2.04. The molecule has 0 aliphatic heterocycles. The number of rotatable bonds is 6. The highest BCUT2D eigenvalue weighted by Crippen LogP contribution is 2.25. The summed E-state index contributed by atoms with van der Waals surface area (Å²) in [6.07, 6.45) is 2.61. The fourth-order valence-electron chi connectivity index (χ4n) is 2.10. The van der Waals surface area contributed by atoms with Crippen molar-refractivity contribution in [1.29, 1.82) is 0 Å². The molecule has 0 aromatic carbocycles. The summed E-state index contributed by atoms with van der Waals surface area (Å²) in [4.78, 5) is 0.894. The first-order chi connectivity index (χ1) is 9.87. The normalized spacial score (nSPS) is 12.0. The van der Waals surface area contributed by atoms with Crippen LogP contribution in [0.1, 0.15) is 28.6 Å². The lowest BCUT2D eigenvalue weighted by atomic mass is 10.2. The molecule has 21 heavy (non-hydrogen) atoms. The molecule has 3 N–H and O–H groups in total. The van der Waals surface area contributed by atoms with E-state index in [4.69, 9.17) is 5.73 Å². The van der Waals surface area contributed by atoms with Gasteiger partial charge in [-0.1, -0.05) is 6.92 Å². The Hall–Kier alpha value is -1.22. The van der Waals surface area contributed by atoms with Crippen LogP contribution in [-0.4, -0.2) is 18.2 Å². The van der Waals surface area contributed by atoms with Gasteiger partial charge < -0.3 is 5.73 Å². The minimum Gasteiger partial charge on any atom is -0.326 e. The van der Waals surface area contributed by atoms with Gasteiger partial charge in [0.2, 0.25) is 10.0 Å². The van der Waals surface area contributed by atoms with Crippen molar-refractivity contribution >= 4 is 21.4 Å². The van der Waals surface area contributed by atoms with Gasteiger partial charge in [0, 0.05) is 36.8 Å². The largest absolute Gasteiger partial charge is 0.326 e. The molecule has 0 atom stereocenters. The summed E-state index contributed by atoms with van der Waals surface area (Å²) in [7, 11) is -1.68. The van der Waals surface area contributed by atoms with Gasteiger partial charge in [-0.2, -0.15) is 5.10 Å². The van der Waals surface area contributed by atoms with Gasteiger partial charge in [-0.15, -0.1) is 11.3 Å². The Labute approximate surface area is 129 Å². The zero-order valence-electron chi connectivity index (χ0n) is 12.4. The van der Waals surface area contributed by atoms with Gasteiger partial charge in [0.15, 0.2) is 0 Å². The molecule has 2 heterocycles. The number of hydrogen-bond donors (Lipinski definition) is 2. The SMILES string of the molecule is CCc1nn(C)cc1CNS(=O)(=O)c1cc(C)c(CN)s1. The van der Waals surface area contributed by atoms with Crippen LogP contribution >= 0.6 is 11.3 Å². The first-order valence-corrected chi connectivity index (χ1v) is 8.97. The van der Waals surface area contributed by atoms with Crippen molar-refractivity contribution < 1.29 is 8.42 Å². The molecule has 2 aromatic heterocycles. The van der Waals surface area contributed by atoms with Gasteiger partial charge in [0.05, 0.1) is 5.69 Å². The van der Waals surface area contributed by atoms with E-state index >= 15 is 0 Å². The number of aromatic nitrogens is 2. The molecule has 8 heteroatoms. The smallest absolute Gasteiger partial charge is 0.250 e. The van der Waals surface area contributed by atoms with E-state index in [-0.39, 0.29) is 6.54 Å². The summed E-state index contributed by atoms with van der Waals surface area (Å²) in [5, 5.41) is 4.30. The van der Waals surface area contributed by atoms with Gasteiger partial charge in [-0.05, 0) is 25.0 Å². The maximum Gasteiger partial charge on any atom is 0.250 e. The van der Waals surface area contributed by atoms with Crippen molar-refractivity contribution in [3.05, 3.63) is 34.0 Å². The number of sulfonamides is 1. The molecule has 0 saturated carbocycles. The van der Waals surface area contributed by atoms with Gasteiger partial charge in [0.25, 0.3) is 0 Å². The summed E-state index contributed by atoms with van der Waals surface area (Å²) >= 11 is 1.22. The van der Waals surface area contributed by atoms with Crippen molar-refractivity contribution in [3.8, 4) is 0 Å². The van der Waals surface area contributed by atoms with Crippen LogP contribution in [0.25, 0.3) is 0 Å². The number of nitrogens with two attached hydrogens (primary N) is 1. The third kappa shape index (κ3) is 3.52. The summed E-state index contributed by atoms with van der Waals surface area (Å²) < 4.78 is 29.3. The second-order valence-corrected chi connectivity index (χ2v) is 7.96. The molecule has 0 radical (unpaired) electrons. The highest BCUT2D eigenvalue weighted by atomic mass is 32.2. The van der Waals surface area contributed by atoms with Gasteiger partial charge >= 0.3 is 0 Å². The minimum absolute atomic E-state index is 0.244. The van der Waals surface area contributed by atoms with Crippen LogP contribution in [0.4, 0.5) is 0 Å². The van der Waals surface area contributed by atoms with Crippen molar-refractivity contribution in [2.45, 2.75) is 37.6 Å². The van der Waals surface area contributed by atoms with Crippen LogP contribution in [0.3, 0.4) is 0 Å². The molecular weight excluding hydrogens is 308 g/mol. The van der Waals surface area contributed by atoms with Crippen molar-refractivity contribution in [2.75, 3.05) is 0 Å². The number of aryl methyl sites for hydroxylation is 3. The van der Waals surface area contributed by atoms with E-state index in [2.05, 4.69) is 9.82 Å². The van der Waals surface area contributed by atoms with E-state index in [0.29, 0.717) is 10.8 Å².